The summed E-state index contributed by atoms with van der Waals surface area (Å²) in [6, 6.07) is 28.2. The van der Waals surface area contributed by atoms with E-state index in [0.717, 1.165) is 37.8 Å². The molecular formula is C32H34F4N2O2Ti. The molecule has 0 bridgehead atoms. The van der Waals surface area contributed by atoms with Crippen molar-refractivity contribution < 1.29 is 48.9 Å². The summed E-state index contributed by atoms with van der Waals surface area (Å²) in [5.74, 6) is -3.84. The van der Waals surface area contributed by atoms with E-state index < -0.39 is 23.3 Å². The first kappa shape index (κ1) is 37.5. The van der Waals surface area contributed by atoms with Crippen molar-refractivity contribution in [2.24, 2.45) is 0 Å². The monoisotopic (exact) mass is 602 g/mol. The molecule has 0 unspecified atom stereocenters. The summed E-state index contributed by atoms with van der Waals surface area (Å²) in [4.78, 5) is 22.4. The SMILES string of the molecule is CCCCC(=O)Nc1ccc(F)[c-]c1F.CCCCC(=O)Nc1ccc(F)[c-]c1F.[Ti+4].c1cc[cH-]c1.c1cc[cH-]c1. The molecule has 2 N–H and O–H groups in total. The third-order valence-corrected chi connectivity index (χ3v) is 4.90. The number of nitrogens with one attached hydrogen (secondary N) is 2. The summed E-state index contributed by atoms with van der Waals surface area (Å²) >= 11 is 0. The Morgan fingerprint density at radius 3 is 1.24 bits per heavy atom. The van der Waals surface area contributed by atoms with Gasteiger partial charge in [0.05, 0.1) is 0 Å². The molecule has 0 spiro atoms. The molecule has 9 heteroatoms. The fourth-order valence-corrected chi connectivity index (χ4v) is 2.82. The van der Waals surface area contributed by atoms with Gasteiger partial charge in [-0.05, 0) is 24.2 Å². The molecule has 0 aromatic heterocycles. The van der Waals surface area contributed by atoms with E-state index in [0.29, 0.717) is 12.8 Å². The summed E-state index contributed by atoms with van der Waals surface area (Å²) in [5, 5.41) is 4.72. The van der Waals surface area contributed by atoms with Gasteiger partial charge in [0.15, 0.2) is 0 Å². The molecule has 0 atom stereocenters. The molecule has 0 aliphatic heterocycles. The van der Waals surface area contributed by atoms with Crippen LogP contribution in [-0.4, -0.2) is 11.8 Å². The van der Waals surface area contributed by atoms with Crippen LogP contribution in [0.5, 0.6) is 0 Å². The van der Waals surface area contributed by atoms with Crippen molar-refractivity contribution in [1.29, 1.82) is 0 Å². The number of rotatable bonds is 8. The van der Waals surface area contributed by atoms with Crippen LogP contribution in [0.1, 0.15) is 52.4 Å². The molecule has 0 heterocycles. The van der Waals surface area contributed by atoms with E-state index in [1.165, 1.54) is 12.1 Å². The number of hydrogen-bond donors (Lipinski definition) is 2. The summed E-state index contributed by atoms with van der Waals surface area (Å²) in [6.07, 6.45) is 3.97. The number of anilines is 2. The zero-order chi connectivity index (χ0) is 29.6. The molecule has 4 nitrogen and oxygen atoms in total. The minimum Gasteiger partial charge on any atom is -0.377 e. The topological polar surface area (TPSA) is 58.2 Å². The Morgan fingerprint density at radius 2 is 1.00 bits per heavy atom. The van der Waals surface area contributed by atoms with Gasteiger partial charge < -0.3 is 10.6 Å². The van der Waals surface area contributed by atoms with Gasteiger partial charge >= 0.3 is 21.7 Å². The molecule has 0 saturated carbocycles. The zero-order valence-electron chi connectivity index (χ0n) is 23.2. The third kappa shape index (κ3) is 18.5. The fraction of sp³-hybridized carbons (Fsp3) is 0.250. The molecule has 41 heavy (non-hydrogen) atoms. The molecule has 0 radical (unpaired) electrons. The zero-order valence-corrected chi connectivity index (χ0v) is 24.7. The van der Waals surface area contributed by atoms with Crippen molar-refractivity contribution >= 4 is 23.2 Å². The van der Waals surface area contributed by atoms with Gasteiger partial charge in [-0.15, -0.1) is 36.4 Å². The van der Waals surface area contributed by atoms with E-state index in [-0.39, 0.29) is 44.9 Å². The van der Waals surface area contributed by atoms with Crippen LogP contribution in [0.25, 0.3) is 0 Å². The Hall–Kier alpha value is -3.49. The second kappa shape index (κ2) is 23.2. The summed E-state index contributed by atoms with van der Waals surface area (Å²) in [5.41, 5.74) is -0.0602. The van der Waals surface area contributed by atoms with Crippen LogP contribution >= 0.6 is 0 Å². The predicted molar refractivity (Wildman–Crippen MR) is 151 cm³/mol. The standard InChI is InChI=1S/2C11H12F2NO.2C5H5.Ti/c2*1-2-3-4-11(15)14-10-6-5-8(12)7-9(10)13;2*1-2-4-5-3-1;/h2*5-6H,2-4H2,1H3,(H,14,15);2*1-5H;/q4*-1;+4. The average molecular weight is 602 g/mol. The van der Waals surface area contributed by atoms with Crippen molar-refractivity contribution in [3.63, 3.8) is 0 Å². The number of unbranched alkanes of at least 4 members (excludes halogenated alkanes) is 2. The van der Waals surface area contributed by atoms with E-state index in [9.17, 15) is 27.2 Å². The van der Waals surface area contributed by atoms with Crippen molar-refractivity contribution in [2.75, 3.05) is 10.6 Å². The van der Waals surface area contributed by atoms with Crippen molar-refractivity contribution in [3.8, 4) is 0 Å². The molecule has 216 valence electrons. The van der Waals surface area contributed by atoms with E-state index >= 15 is 0 Å². The van der Waals surface area contributed by atoms with Gasteiger partial charge in [-0.3, -0.25) is 9.59 Å². The van der Waals surface area contributed by atoms with Gasteiger partial charge in [0, 0.05) is 36.1 Å². The molecule has 0 fully saturated rings. The minimum absolute atomic E-state index is 0. The van der Waals surface area contributed by atoms with Gasteiger partial charge in [-0.1, -0.05) is 26.7 Å². The Morgan fingerprint density at radius 1 is 0.659 bits per heavy atom. The van der Waals surface area contributed by atoms with Crippen LogP contribution in [-0.2, 0) is 31.3 Å². The van der Waals surface area contributed by atoms with Crippen LogP contribution in [0.2, 0.25) is 0 Å². The maximum Gasteiger partial charge on any atom is 4.00 e. The van der Waals surface area contributed by atoms with Gasteiger partial charge in [0.1, 0.15) is 0 Å². The average Bonchev–Trinajstić information content (AvgIpc) is 3.70. The van der Waals surface area contributed by atoms with E-state index in [2.05, 4.69) is 10.6 Å². The first-order valence-electron chi connectivity index (χ1n) is 12.9. The van der Waals surface area contributed by atoms with Gasteiger partial charge in [-0.25, -0.2) is 41.8 Å². The summed E-state index contributed by atoms with van der Waals surface area (Å²) in [6.45, 7) is 3.92. The number of hydrogen-bond acceptors (Lipinski definition) is 2. The normalized spacial score (nSPS) is 9.32. The molecule has 4 aromatic rings. The Kier molecular flexibility index (Phi) is 21.3. The van der Waals surface area contributed by atoms with Gasteiger partial charge in [-0.2, -0.15) is 36.4 Å². The fourth-order valence-electron chi connectivity index (χ4n) is 2.82. The van der Waals surface area contributed by atoms with E-state index in [1.54, 1.807) is 0 Å². The van der Waals surface area contributed by atoms with E-state index in [4.69, 9.17) is 0 Å². The second-order valence-corrected chi connectivity index (χ2v) is 8.30. The molecule has 2 amide bonds. The number of carbonyl (C=O) groups is 2. The molecular weight excluding hydrogens is 568 g/mol. The first-order valence-corrected chi connectivity index (χ1v) is 12.9. The molecule has 0 aliphatic rings. The number of benzene rings is 2. The van der Waals surface area contributed by atoms with Crippen molar-refractivity contribution in [3.05, 3.63) is 120 Å². The predicted octanol–water partition coefficient (Wildman–Crippen LogP) is 8.60. The van der Waals surface area contributed by atoms with Crippen LogP contribution in [0.3, 0.4) is 0 Å². The molecule has 0 saturated heterocycles. The third-order valence-electron chi connectivity index (χ3n) is 4.90. The number of amides is 2. The maximum atomic E-state index is 13.0. The Balaban J connectivity index is 0.000000573. The largest absolute Gasteiger partial charge is 4.00 e. The van der Waals surface area contributed by atoms with E-state index in [1.807, 2.05) is 86.6 Å². The Labute approximate surface area is 254 Å². The van der Waals surface area contributed by atoms with Crippen LogP contribution in [0.4, 0.5) is 28.9 Å². The van der Waals surface area contributed by atoms with Crippen molar-refractivity contribution in [1.82, 2.24) is 0 Å². The Bertz CT molecular complexity index is 1090. The molecule has 4 aromatic carbocycles. The van der Waals surface area contributed by atoms with Gasteiger partial charge in [0.25, 0.3) is 0 Å². The summed E-state index contributed by atoms with van der Waals surface area (Å²) < 4.78 is 51.0. The molecule has 0 aliphatic carbocycles. The summed E-state index contributed by atoms with van der Waals surface area (Å²) in [7, 11) is 0. The van der Waals surface area contributed by atoms with Crippen LogP contribution < -0.4 is 10.6 Å². The minimum atomic E-state index is -0.875. The van der Waals surface area contributed by atoms with Crippen LogP contribution in [0, 0.1) is 35.4 Å². The molecule has 4 rings (SSSR count). The van der Waals surface area contributed by atoms with Crippen molar-refractivity contribution in [2.45, 2.75) is 52.4 Å². The quantitative estimate of drug-likeness (QED) is 0.121. The number of halogens is 4. The number of carbonyl (C=O) groups excluding carboxylic acids is 2. The van der Waals surface area contributed by atoms with Gasteiger partial charge in [0.2, 0.25) is 11.8 Å². The van der Waals surface area contributed by atoms with Crippen LogP contribution in [0.15, 0.2) is 84.9 Å². The maximum absolute atomic E-state index is 13.0. The smallest absolute Gasteiger partial charge is 0.377 e. The second-order valence-electron chi connectivity index (χ2n) is 8.30. The first-order chi connectivity index (χ1) is 19.3.